The Balaban J connectivity index is 2.39. The average molecular weight is 281 g/mol. The van der Waals surface area contributed by atoms with Crippen LogP contribution in [0.25, 0.3) is 0 Å². The Kier molecular flexibility index (Phi) is 6.01. The van der Waals surface area contributed by atoms with Gasteiger partial charge >= 0.3 is 0 Å². The molecule has 0 aliphatic carbocycles. The van der Waals surface area contributed by atoms with Crippen LogP contribution < -0.4 is 11.1 Å². The minimum Gasteiger partial charge on any atom is -0.396 e. The van der Waals surface area contributed by atoms with Gasteiger partial charge in [-0.1, -0.05) is 6.92 Å². The highest BCUT2D eigenvalue weighted by Gasteiger charge is 2.11. The van der Waals surface area contributed by atoms with Crippen molar-refractivity contribution < 1.29 is 4.79 Å². The maximum atomic E-state index is 11.9. The van der Waals surface area contributed by atoms with Gasteiger partial charge in [0, 0.05) is 19.1 Å². The van der Waals surface area contributed by atoms with E-state index in [-0.39, 0.29) is 12.5 Å². The van der Waals surface area contributed by atoms with Gasteiger partial charge in [0.1, 0.15) is 6.54 Å². The van der Waals surface area contributed by atoms with Gasteiger partial charge in [0.15, 0.2) is 0 Å². The SMILES string of the molecule is CCC(C)N(C)CCNC(=O)Cn1nc(C)c(N)c1C. The minimum atomic E-state index is -0.0341. The molecule has 0 fully saturated rings. The molecule has 0 bridgehead atoms. The van der Waals surface area contributed by atoms with Crippen LogP contribution in [0.5, 0.6) is 0 Å². The second-order valence-corrected chi connectivity index (χ2v) is 5.33. The highest BCUT2D eigenvalue weighted by Crippen LogP contribution is 2.14. The summed E-state index contributed by atoms with van der Waals surface area (Å²) >= 11 is 0. The highest BCUT2D eigenvalue weighted by molar-refractivity contribution is 5.75. The van der Waals surface area contributed by atoms with Gasteiger partial charge in [-0.05, 0) is 34.2 Å². The number of hydrogen-bond acceptors (Lipinski definition) is 4. The molecule has 0 radical (unpaired) electrons. The van der Waals surface area contributed by atoms with E-state index >= 15 is 0 Å². The molecule has 0 aromatic carbocycles. The smallest absolute Gasteiger partial charge is 0.241 e. The van der Waals surface area contributed by atoms with Crippen molar-refractivity contribution in [3.8, 4) is 0 Å². The van der Waals surface area contributed by atoms with E-state index in [0.717, 1.165) is 24.4 Å². The third-order valence-electron chi connectivity index (χ3n) is 3.86. The number of carbonyl (C=O) groups is 1. The number of hydrogen-bond donors (Lipinski definition) is 2. The van der Waals surface area contributed by atoms with E-state index in [0.29, 0.717) is 18.3 Å². The van der Waals surface area contributed by atoms with Gasteiger partial charge < -0.3 is 16.0 Å². The van der Waals surface area contributed by atoms with Crippen molar-refractivity contribution in [3.63, 3.8) is 0 Å². The molecule has 1 aromatic heterocycles. The summed E-state index contributed by atoms with van der Waals surface area (Å²) in [5.41, 5.74) is 8.12. The number of anilines is 1. The Morgan fingerprint density at radius 2 is 2.15 bits per heavy atom. The van der Waals surface area contributed by atoms with Crippen molar-refractivity contribution in [1.82, 2.24) is 20.0 Å². The number of nitrogen functional groups attached to an aromatic ring is 1. The Hall–Kier alpha value is -1.56. The summed E-state index contributed by atoms with van der Waals surface area (Å²) in [5, 5.41) is 7.17. The number of nitrogens with one attached hydrogen (secondary N) is 1. The van der Waals surface area contributed by atoms with E-state index in [1.165, 1.54) is 0 Å². The van der Waals surface area contributed by atoms with Crippen molar-refractivity contribution in [2.45, 2.75) is 46.7 Å². The van der Waals surface area contributed by atoms with Gasteiger partial charge in [0.25, 0.3) is 0 Å². The predicted octanol–water partition coefficient (Wildman–Crippen LogP) is 0.929. The van der Waals surface area contributed by atoms with Crippen LogP contribution >= 0.6 is 0 Å². The van der Waals surface area contributed by atoms with Crippen LogP contribution in [0.2, 0.25) is 0 Å². The quantitative estimate of drug-likeness (QED) is 0.779. The number of likely N-dealkylation sites (N-methyl/N-ethyl adjacent to an activating group) is 1. The molecule has 1 amide bonds. The van der Waals surface area contributed by atoms with Crippen LogP contribution in [-0.4, -0.2) is 46.8 Å². The van der Waals surface area contributed by atoms with Crippen LogP contribution in [0.3, 0.4) is 0 Å². The second kappa shape index (κ2) is 7.28. The molecule has 0 saturated carbocycles. The zero-order valence-corrected chi connectivity index (χ0v) is 13.2. The molecular formula is C14H27N5O. The molecule has 0 aliphatic rings. The van der Waals surface area contributed by atoms with Crippen molar-refractivity contribution in [3.05, 3.63) is 11.4 Å². The summed E-state index contributed by atoms with van der Waals surface area (Å²) in [6.45, 7) is 9.77. The standard InChI is InChI=1S/C14H27N5O/c1-6-10(2)18(5)8-7-16-13(20)9-19-12(4)14(15)11(3)17-19/h10H,6-9,15H2,1-5H3,(H,16,20). The average Bonchev–Trinajstić information content (AvgIpc) is 2.65. The fraction of sp³-hybridized carbons (Fsp3) is 0.714. The predicted molar refractivity (Wildman–Crippen MR) is 81.5 cm³/mol. The molecule has 0 spiro atoms. The van der Waals surface area contributed by atoms with Gasteiger partial charge in [-0.15, -0.1) is 0 Å². The lowest BCUT2D eigenvalue weighted by Crippen LogP contribution is -2.38. The largest absolute Gasteiger partial charge is 0.396 e. The van der Waals surface area contributed by atoms with Gasteiger partial charge in [0.2, 0.25) is 5.91 Å². The Morgan fingerprint density at radius 3 is 2.65 bits per heavy atom. The lowest BCUT2D eigenvalue weighted by Gasteiger charge is -2.23. The molecule has 6 nitrogen and oxygen atoms in total. The van der Waals surface area contributed by atoms with Crippen LogP contribution in [0, 0.1) is 13.8 Å². The topological polar surface area (TPSA) is 76.2 Å². The first kappa shape index (κ1) is 16.5. The Morgan fingerprint density at radius 1 is 1.50 bits per heavy atom. The third-order valence-corrected chi connectivity index (χ3v) is 3.86. The number of aromatic nitrogens is 2. The fourth-order valence-corrected chi connectivity index (χ4v) is 1.96. The van der Waals surface area contributed by atoms with E-state index in [1.807, 2.05) is 13.8 Å². The number of aryl methyl sites for hydroxylation is 1. The molecule has 1 heterocycles. The summed E-state index contributed by atoms with van der Waals surface area (Å²) in [7, 11) is 2.07. The third kappa shape index (κ3) is 4.23. The Labute approximate surface area is 121 Å². The van der Waals surface area contributed by atoms with E-state index in [9.17, 15) is 4.79 Å². The van der Waals surface area contributed by atoms with Gasteiger partial charge in [-0.3, -0.25) is 9.48 Å². The van der Waals surface area contributed by atoms with E-state index < -0.39 is 0 Å². The second-order valence-electron chi connectivity index (χ2n) is 5.33. The normalized spacial score (nSPS) is 12.7. The van der Waals surface area contributed by atoms with Crippen LogP contribution in [-0.2, 0) is 11.3 Å². The molecule has 20 heavy (non-hydrogen) atoms. The number of nitrogens with zero attached hydrogens (tertiary/aromatic N) is 3. The summed E-state index contributed by atoms with van der Waals surface area (Å²) in [6, 6.07) is 0.530. The van der Waals surface area contributed by atoms with E-state index in [2.05, 4.69) is 36.2 Å². The zero-order valence-electron chi connectivity index (χ0n) is 13.2. The molecule has 0 aliphatic heterocycles. The van der Waals surface area contributed by atoms with Crippen molar-refractivity contribution in [1.29, 1.82) is 0 Å². The zero-order chi connectivity index (χ0) is 15.3. The van der Waals surface area contributed by atoms with E-state index in [1.54, 1.807) is 4.68 Å². The van der Waals surface area contributed by atoms with Crippen molar-refractivity contribution >= 4 is 11.6 Å². The first-order chi connectivity index (χ1) is 9.36. The highest BCUT2D eigenvalue weighted by atomic mass is 16.2. The molecule has 3 N–H and O–H groups in total. The minimum absolute atomic E-state index is 0.0341. The molecule has 1 rings (SSSR count). The summed E-state index contributed by atoms with van der Waals surface area (Å²) in [5.74, 6) is -0.0341. The fourth-order valence-electron chi connectivity index (χ4n) is 1.96. The lowest BCUT2D eigenvalue weighted by atomic mass is 10.2. The van der Waals surface area contributed by atoms with Crippen LogP contribution in [0.15, 0.2) is 0 Å². The number of carbonyl (C=O) groups excluding carboxylic acids is 1. The van der Waals surface area contributed by atoms with Gasteiger partial charge in [0.05, 0.1) is 17.1 Å². The molecule has 1 aromatic rings. The molecule has 1 unspecified atom stereocenters. The molecule has 6 heteroatoms. The monoisotopic (exact) mass is 281 g/mol. The van der Waals surface area contributed by atoms with E-state index in [4.69, 9.17) is 5.73 Å². The molecule has 0 saturated heterocycles. The molecular weight excluding hydrogens is 254 g/mol. The summed E-state index contributed by atoms with van der Waals surface area (Å²) in [4.78, 5) is 14.1. The first-order valence-electron chi connectivity index (χ1n) is 7.13. The maximum Gasteiger partial charge on any atom is 0.241 e. The van der Waals surface area contributed by atoms with Gasteiger partial charge in [-0.25, -0.2) is 0 Å². The summed E-state index contributed by atoms with van der Waals surface area (Å²) in [6.07, 6.45) is 1.11. The Bertz CT molecular complexity index is 455. The lowest BCUT2D eigenvalue weighted by molar-refractivity contribution is -0.121. The molecule has 1 atom stereocenters. The van der Waals surface area contributed by atoms with Crippen molar-refractivity contribution in [2.24, 2.45) is 0 Å². The van der Waals surface area contributed by atoms with Crippen LogP contribution in [0.4, 0.5) is 5.69 Å². The van der Waals surface area contributed by atoms with Crippen molar-refractivity contribution in [2.75, 3.05) is 25.9 Å². The summed E-state index contributed by atoms with van der Waals surface area (Å²) < 4.78 is 1.65. The maximum absolute atomic E-state index is 11.9. The van der Waals surface area contributed by atoms with Gasteiger partial charge in [-0.2, -0.15) is 5.10 Å². The first-order valence-corrected chi connectivity index (χ1v) is 7.13. The number of rotatable bonds is 7. The number of amides is 1. The molecule has 114 valence electrons. The van der Waals surface area contributed by atoms with Crippen LogP contribution in [0.1, 0.15) is 31.7 Å². The number of nitrogens with two attached hydrogens (primary N) is 1.